The van der Waals surface area contributed by atoms with Gasteiger partial charge in [-0.15, -0.1) is 0 Å². The van der Waals surface area contributed by atoms with Crippen LogP contribution >= 0.6 is 15.6 Å². The van der Waals surface area contributed by atoms with Gasteiger partial charge in [-0.05, 0) is 37.5 Å². The highest BCUT2D eigenvalue weighted by Gasteiger charge is 2.31. The molecule has 0 aliphatic carbocycles. The summed E-state index contributed by atoms with van der Waals surface area (Å²) < 4.78 is 69.0. The third kappa shape index (κ3) is 82.4. The predicted octanol–water partition coefficient (Wildman–Crippen LogP) is 27.8. The molecule has 3 unspecified atom stereocenters. The fraction of sp³-hybridized carbons (Fsp3) is 0.956. The molecule has 3 N–H and O–H groups in total. The molecule has 0 rings (SSSR count). The molecule has 17 nitrogen and oxygen atoms in total. The van der Waals surface area contributed by atoms with E-state index in [2.05, 4.69) is 41.5 Å². The molecule has 0 bridgehead atoms. The molecule has 19 heteroatoms. The predicted molar refractivity (Wildman–Crippen MR) is 451 cm³/mol. The fourth-order valence-corrected chi connectivity index (χ4v) is 15.7. The second-order valence-corrected chi connectivity index (χ2v) is 36.0. The van der Waals surface area contributed by atoms with E-state index in [9.17, 15) is 43.2 Å². The van der Waals surface area contributed by atoms with Crippen molar-refractivity contribution < 1.29 is 80.2 Å². The Balaban J connectivity index is 5.22. The Morgan fingerprint density at radius 3 is 0.697 bits per heavy atom. The van der Waals surface area contributed by atoms with Gasteiger partial charge in [0.05, 0.1) is 26.4 Å². The number of phosphoric ester groups is 2. The average molecular weight is 1590 g/mol. The Morgan fingerprint density at radius 1 is 0.266 bits per heavy atom. The minimum Gasteiger partial charge on any atom is -0.462 e. The molecule has 0 amide bonds. The maximum Gasteiger partial charge on any atom is 0.472 e. The quantitative estimate of drug-likeness (QED) is 0.0222. The van der Waals surface area contributed by atoms with E-state index in [4.69, 9.17) is 37.0 Å². The van der Waals surface area contributed by atoms with Gasteiger partial charge in [0.2, 0.25) is 0 Å². The van der Waals surface area contributed by atoms with Gasteiger partial charge in [-0.3, -0.25) is 37.3 Å². The van der Waals surface area contributed by atoms with Crippen molar-refractivity contribution in [1.82, 2.24) is 0 Å². The zero-order valence-electron chi connectivity index (χ0n) is 71.9. The van der Waals surface area contributed by atoms with Crippen LogP contribution in [0.4, 0.5) is 0 Å². The lowest BCUT2D eigenvalue weighted by atomic mass is 9.99. The monoisotopic (exact) mass is 1590 g/mol. The van der Waals surface area contributed by atoms with E-state index in [0.29, 0.717) is 31.6 Å². The zero-order chi connectivity index (χ0) is 79.9. The van der Waals surface area contributed by atoms with Crippen LogP contribution in [0.5, 0.6) is 0 Å². The summed E-state index contributed by atoms with van der Waals surface area (Å²) in [5.41, 5.74) is 0. The Bertz CT molecular complexity index is 2080. The molecule has 0 aliphatic heterocycles. The number of phosphoric acid groups is 2. The van der Waals surface area contributed by atoms with E-state index in [1.807, 2.05) is 0 Å². The number of hydrogen-bond acceptors (Lipinski definition) is 15. The Hall–Kier alpha value is -1.94. The smallest absolute Gasteiger partial charge is 0.462 e. The fourth-order valence-electron chi connectivity index (χ4n) is 14.1. The molecule has 0 saturated heterocycles. The van der Waals surface area contributed by atoms with Crippen LogP contribution in [0.3, 0.4) is 0 Å². The minimum absolute atomic E-state index is 0.107. The summed E-state index contributed by atoms with van der Waals surface area (Å²) in [5.74, 6) is -0.549. The van der Waals surface area contributed by atoms with Crippen molar-refractivity contribution in [2.75, 3.05) is 39.6 Å². The first kappa shape index (κ1) is 107. The number of aliphatic hydroxyl groups excluding tert-OH is 1. The van der Waals surface area contributed by atoms with Crippen LogP contribution in [-0.2, 0) is 65.4 Å². The summed E-state index contributed by atoms with van der Waals surface area (Å²) in [4.78, 5) is 73.3. The van der Waals surface area contributed by atoms with Gasteiger partial charge in [0.1, 0.15) is 19.3 Å². The van der Waals surface area contributed by atoms with Crippen LogP contribution < -0.4 is 0 Å². The molecule has 0 aromatic heterocycles. The van der Waals surface area contributed by atoms with E-state index < -0.39 is 97.5 Å². The van der Waals surface area contributed by atoms with Crippen molar-refractivity contribution in [1.29, 1.82) is 0 Å². The first-order valence-electron chi connectivity index (χ1n) is 46.5. The zero-order valence-corrected chi connectivity index (χ0v) is 73.7. The molecule has 0 aromatic carbocycles. The largest absolute Gasteiger partial charge is 0.472 e. The summed E-state index contributed by atoms with van der Waals surface area (Å²) in [5, 5.41) is 10.7. The standard InChI is InChI=1S/C90H176O17P2/c1-7-10-12-14-16-18-20-22-24-26-28-29-30-32-34-36-41-45-49-55-62-68-74-89(94)106-85(78-100-87(92)72-66-60-54-48-44-40-35-33-31-27-25-23-21-19-17-15-13-11-8-2)80-104-108(96,97)102-76-84(91)77-103-109(98,99)105-81-86(79-101-88(93)73-67-61-57-51-52-58-64-70-82(4)5)107-90(95)75-69-63-56-50-46-42-38-37-39-43-47-53-59-65-71-83(6)9-3/h82-86,91H,7-81H2,1-6H3,(H,96,97)(H,98,99)/t83?,84-,85-,86-/m1/s1. The van der Waals surface area contributed by atoms with Crippen LogP contribution in [0.15, 0.2) is 0 Å². The molecule has 0 saturated carbocycles. The first-order chi connectivity index (χ1) is 52.9. The van der Waals surface area contributed by atoms with Crippen LogP contribution in [0.2, 0.25) is 0 Å². The van der Waals surface area contributed by atoms with Crippen LogP contribution in [0.25, 0.3) is 0 Å². The maximum atomic E-state index is 13.2. The lowest BCUT2D eigenvalue weighted by molar-refractivity contribution is -0.161. The van der Waals surface area contributed by atoms with Gasteiger partial charge in [0, 0.05) is 25.7 Å². The number of carbonyl (C=O) groups is 4. The van der Waals surface area contributed by atoms with Crippen molar-refractivity contribution in [2.24, 2.45) is 11.8 Å². The molecule has 0 radical (unpaired) electrons. The van der Waals surface area contributed by atoms with Gasteiger partial charge in [0.25, 0.3) is 0 Å². The van der Waals surface area contributed by atoms with Crippen molar-refractivity contribution >= 4 is 39.5 Å². The molecule has 0 heterocycles. The third-order valence-electron chi connectivity index (χ3n) is 21.6. The van der Waals surface area contributed by atoms with E-state index in [1.54, 1.807) is 0 Å². The molecular weight excluding hydrogens is 1410 g/mol. The SMILES string of the molecule is CCCCCCCCCCCCCCCCCCCCCCCCC(=O)O[C@H](COC(=O)CCCCCCCCCCCCCCCCCCCCC)COP(=O)(O)OC[C@@H](O)COP(=O)(O)OC[C@@H](COC(=O)CCCCCCCCCC(C)C)OC(=O)CCCCCCCCCCCCCCCCC(C)CC. The summed E-state index contributed by atoms with van der Waals surface area (Å²) in [6.45, 7) is 9.69. The first-order valence-corrected chi connectivity index (χ1v) is 49.5. The van der Waals surface area contributed by atoms with Gasteiger partial charge < -0.3 is 33.8 Å². The van der Waals surface area contributed by atoms with Crippen molar-refractivity contribution in [3.8, 4) is 0 Å². The number of carbonyl (C=O) groups excluding carboxylic acids is 4. The Morgan fingerprint density at radius 2 is 0.468 bits per heavy atom. The van der Waals surface area contributed by atoms with E-state index in [1.165, 1.54) is 295 Å². The Kier molecular flexibility index (Phi) is 79.8. The van der Waals surface area contributed by atoms with Crippen LogP contribution in [0, 0.1) is 11.8 Å². The van der Waals surface area contributed by atoms with Gasteiger partial charge >= 0.3 is 39.5 Å². The van der Waals surface area contributed by atoms with Gasteiger partial charge in [-0.1, -0.05) is 433 Å². The molecule has 0 fully saturated rings. The number of hydrogen-bond donors (Lipinski definition) is 3. The van der Waals surface area contributed by atoms with E-state index in [-0.39, 0.29) is 25.7 Å². The van der Waals surface area contributed by atoms with Crippen LogP contribution in [0.1, 0.15) is 485 Å². The number of aliphatic hydroxyl groups is 1. The van der Waals surface area contributed by atoms with E-state index in [0.717, 1.165) is 102 Å². The van der Waals surface area contributed by atoms with Crippen LogP contribution in [-0.4, -0.2) is 96.7 Å². The number of unbranched alkanes of at least 4 members (excludes halogenated alkanes) is 58. The van der Waals surface area contributed by atoms with Gasteiger partial charge in [-0.25, -0.2) is 9.13 Å². The van der Waals surface area contributed by atoms with Crippen molar-refractivity contribution in [3.63, 3.8) is 0 Å². The third-order valence-corrected chi connectivity index (χ3v) is 23.5. The van der Waals surface area contributed by atoms with Crippen molar-refractivity contribution in [2.45, 2.75) is 503 Å². The number of esters is 4. The van der Waals surface area contributed by atoms with Crippen molar-refractivity contribution in [3.05, 3.63) is 0 Å². The maximum absolute atomic E-state index is 13.2. The highest BCUT2D eigenvalue weighted by molar-refractivity contribution is 7.47. The summed E-state index contributed by atoms with van der Waals surface area (Å²) in [6.07, 6.45) is 75.2. The molecule has 0 aromatic rings. The summed E-state index contributed by atoms with van der Waals surface area (Å²) in [6, 6.07) is 0. The van der Waals surface area contributed by atoms with Gasteiger partial charge in [-0.2, -0.15) is 0 Å². The van der Waals surface area contributed by atoms with Gasteiger partial charge in [0.15, 0.2) is 12.2 Å². The number of ether oxygens (including phenoxy) is 4. The molecule has 0 aliphatic rings. The highest BCUT2D eigenvalue weighted by atomic mass is 31.2. The highest BCUT2D eigenvalue weighted by Crippen LogP contribution is 2.45. The molecule has 0 spiro atoms. The second-order valence-electron chi connectivity index (χ2n) is 33.1. The topological polar surface area (TPSA) is 237 Å². The summed E-state index contributed by atoms with van der Waals surface area (Å²) >= 11 is 0. The Labute approximate surface area is 670 Å². The lowest BCUT2D eigenvalue weighted by Gasteiger charge is -2.21. The molecule has 109 heavy (non-hydrogen) atoms. The molecule has 648 valence electrons. The normalized spacial score (nSPS) is 14.0. The number of rotatable bonds is 89. The van der Waals surface area contributed by atoms with E-state index >= 15 is 0 Å². The lowest BCUT2D eigenvalue weighted by Crippen LogP contribution is -2.30. The average Bonchev–Trinajstić information content (AvgIpc) is 0.903. The molecule has 6 atom stereocenters. The second kappa shape index (κ2) is 81.2. The summed E-state index contributed by atoms with van der Waals surface area (Å²) in [7, 11) is -9.93. The minimum atomic E-state index is -4.97. The molecular formula is C90H176O17P2.